The van der Waals surface area contributed by atoms with E-state index in [1.807, 2.05) is 60.7 Å². The fourth-order valence-corrected chi connectivity index (χ4v) is 4.85. The first-order valence-electron chi connectivity index (χ1n) is 10.4. The molecule has 0 fully saturated rings. The Morgan fingerprint density at radius 1 is 0.917 bits per heavy atom. The van der Waals surface area contributed by atoms with E-state index in [4.69, 9.17) is 23.2 Å². The van der Waals surface area contributed by atoms with Crippen LogP contribution in [0.15, 0.2) is 94.0 Å². The number of benzene rings is 3. The molecule has 0 radical (unpaired) electrons. The number of rotatable bonds is 6. The zero-order valence-corrected chi connectivity index (χ0v) is 20.5. The van der Waals surface area contributed by atoms with Crippen LogP contribution in [0, 0.1) is 10.1 Å². The summed E-state index contributed by atoms with van der Waals surface area (Å²) in [6, 6.07) is 21.1. The number of nitro benzene ring substituents is 1. The van der Waals surface area contributed by atoms with Crippen LogP contribution in [0.25, 0.3) is 26.8 Å². The summed E-state index contributed by atoms with van der Waals surface area (Å²) in [4.78, 5) is 29.2. The number of aromatic amines is 1. The van der Waals surface area contributed by atoms with E-state index in [9.17, 15) is 14.9 Å². The first kappa shape index (κ1) is 23.6. The average Bonchev–Trinajstić information content (AvgIpc) is 3.49. The van der Waals surface area contributed by atoms with Gasteiger partial charge >= 0.3 is 5.56 Å². The highest BCUT2D eigenvalue weighted by Crippen LogP contribution is 2.38. The van der Waals surface area contributed by atoms with Gasteiger partial charge in [-0.15, -0.1) is 10.2 Å². The Balaban J connectivity index is 1.61. The summed E-state index contributed by atoms with van der Waals surface area (Å²) < 4.78 is 1.30. The van der Waals surface area contributed by atoms with Crippen LogP contribution in [0.2, 0.25) is 10.0 Å². The molecule has 2 aromatic heterocycles. The van der Waals surface area contributed by atoms with Crippen molar-refractivity contribution in [3.8, 4) is 26.8 Å². The smallest absolute Gasteiger partial charge is 0.286 e. The second kappa shape index (κ2) is 9.86. The van der Waals surface area contributed by atoms with Gasteiger partial charge in [0.25, 0.3) is 5.69 Å². The molecule has 5 rings (SSSR count). The van der Waals surface area contributed by atoms with Crippen molar-refractivity contribution in [1.29, 1.82) is 0 Å². The molecule has 9 nitrogen and oxygen atoms in total. The lowest BCUT2D eigenvalue weighted by Crippen LogP contribution is -2.13. The van der Waals surface area contributed by atoms with Gasteiger partial charge in [0, 0.05) is 23.9 Å². The molecule has 0 saturated carbocycles. The molecule has 178 valence electrons. The van der Waals surface area contributed by atoms with Crippen molar-refractivity contribution >= 4 is 51.6 Å². The quantitative estimate of drug-likeness (QED) is 0.136. The van der Waals surface area contributed by atoms with Gasteiger partial charge in [0.15, 0.2) is 5.69 Å². The zero-order valence-electron chi connectivity index (χ0n) is 18.1. The Kier molecular flexibility index (Phi) is 6.47. The molecular formula is C24H14Cl2N6O3S. The monoisotopic (exact) mass is 536 g/mol. The molecule has 0 spiro atoms. The fourth-order valence-electron chi connectivity index (χ4n) is 3.42. The number of halogens is 2. The Morgan fingerprint density at radius 3 is 2.11 bits per heavy atom. The van der Waals surface area contributed by atoms with Crippen molar-refractivity contribution in [3.05, 3.63) is 110 Å². The van der Waals surface area contributed by atoms with Crippen molar-refractivity contribution in [2.75, 3.05) is 0 Å². The van der Waals surface area contributed by atoms with Gasteiger partial charge in [0.05, 0.1) is 25.5 Å². The number of hydrogen-bond acceptors (Lipinski definition) is 7. The van der Waals surface area contributed by atoms with E-state index in [0.29, 0.717) is 16.4 Å². The summed E-state index contributed by atoms with van der Waals surface area (Å²) in [5.74, 6) is 0. The van der Waals surface area contributed by atoms with E-state index < -0.39 is 10.5 Å². The molecule has 2 heterocycles. The Hall–Kier alpha value is -4.12. The predicted octanol–water partition coefficient (Wildman–Crippen LogP) is 7.59. The summed E-state index contributed by atoms with van der Waals surface area (Å²) in [7, 11) is 0. The summed E-state index contributed by atoms with van der Waals surface area (Å²) >= 11 is 13.7. The normalized spacial score (nSPS) is 11.3. The lowest BCUT2D eigenvalue weighted by atomic mass is 10.1. The maximum absolute atomic E-state index is 13.4. The number of hydrogen-bond donors (Lipinski definition) is 1. The molecule has 0 atom stereocenters. The van der Waals surface area contributed by atoms with Crippen LogP contribution in [0.3, 0.4) is 0 Å². The molecule has 12 heteroatoms. The minimum absolute atomic E-state index is 0.00291. The molecule has 1 N–H and O–H groups in total. The first-order chi connectivity index (χ1) is 17.4. The lowest BCUT2D eigenvalue weighted by Gasteiger charge is -2.01. The molecule has 0 aliphatic carbocycles. The van der Waals surface area contributed by atoms with Crippen molar-refractivity contribution < 1.29 is 4.92 Å². The second-order valence-electron chi connectivity index (χ2n) is 7.43. The molecule has 0 bridgehead atoms. The minimum atomic E-state index is -0.616. The van der Waals surface area contributed by atoms with Crippen molar-refractivity contribution in [1.82, 2.24) is 14.8 Å². The molecule has 5 aromatic rings. The fraction of sp³-hybridized carbons (Fsp3) is 0. The largest absolute Gasteiger partial charge is 0.301 e. The first-order valence-corrected chi connectivity index (χ1v) is 12.0. The van der Waals surface area contributed by atoms with Crippen LogP contribution in [0.4, 0.5) is 17.1 Å². The maximum atomic E-state index is 13.4. The van der Waals surface area contributed by atoms with Gasteiger partial charge in [-0.1, -0.05) is 95.2 Å². The number of nitro groups is 1. The van der Waals surface area contributed by atoms with Gasteiger partial charge in [0.2, 0.25) is 5.13 Å². The number of nitrogens with zero attached hydrogens (tertiary/aromatic N) is 5. The highest BCUT2D eigenvalue weighted by atomic mass is 35.5. The Bertz CT molecular complexity index is 1640. The van der Waals surface area contributed by atoms with Gasteiger partial charge in [-0.3, -0.25) is 20.0 Å². The third-order valence-corrected chi connectivity index (χ3v) is 6.74. The van der Waals surface area contributed by atoms with E-state index in [-0.39, 0.29) is 27.1 Å². The maximum Gasteiger partial charge on any atom is 0.301 e. The molecule has 0 saturated heterocycles. The van der Waals surface area contributed by atoms with Crippen molar-refractivity contribution in [3.63, 3.8) is 0 Å². The molecule has 0 aliphatic heterocycles. The molecule has 0 unspecified atom stereocenters. The summed E-state index contributed by atoms with van der Waals surface area (Å²) in [6.45, 7) is 0. The molecule has 3 aromatic carbocycles. The minimum Gasteiger partial charge on any atom is -0.286 e. The topological polar surface area (TPSA) is 119 Å². The van der Waals surface area contributed by atoms with E-state index in [2.05, 4.69) is 20.3 Å². The molecular weight excluding hydrogens is 523 g/mol. The molecule has 0 aliphatic rings. The van der Waals surface area contributed by atoms with Gasteiger partial charge in [-0.2, -0.15) is 4.68 Å². The number of aromatic nitrogens is 3. The highest BCUT2D eigenvalue weighted by molar-refractivity contribution is 7.17. The Morgan fingerprint density at radius 2 is 1.50 bits per heavy atom. The van der Waals surface area contributed by atoms with Crippen LogP contribution >= 0.6 is 34.5 Å². The van der Waals surface area contributed by atoms with Crippen molar-refractivity contribution in [2.24, 2.45) is 10.2 Å². The van der Waals surface area contributed by atoms with E-state index in [0.717, 1.165) is 22.6 Å². The predicted molar refractivity (Wildman–Crippen MR) is 140 cm³/mol. The van der Waals surface area contributed by atoms with Crippen LogP contribution in [0.5, 0.6) is 0 Å². The number of non-ortho nitro benzene ring substituents is 1. The van der Waals surface area contributed by atoms with Crippen LogP contribution in [-0.4, -0.2) is 19.7 Å². The van der Waals surface area contributed by atoms with Crippen LogP contribution < -0.4 is 5.56 Å². The van der Waals surface area contributed by atoms with Gasteiger partial charge in [-0.25, -0.2) is 4.98 Å². The molecule has 0 amide bonds. The zero-order chi connectivity index (χ0) is 25.2. The number of H-pyrrole nitrogens is 1. The second-order valence-corrected chi connectivity index (χ2v) is 9.25. The third kappa shape index (κ3) is 4.57. The van der Waals surface area contributed by atoms with E-state index in [1.165, 1.54) is 16.0 Å². The number of nitrogens with one attached hydrogen (secondary N) is 1. The van der Waals surface area contributed by atoms with Gasteiger partial charge in [-0.05, 0) is 5.56 Å². The summed E-state index contributed by atoms with van der Waals surface area (Å²) in [6.07, 6.45) is 1.70. The standard InChI is InChI=1S/C24H14Cl2N6O3S/c25-17-11-16(32(34)35)12-18(26)21(17)28-29-22-20(15-9-5-2-6-10-15)30-31(23(22)33)24-27-13-19(36-24)14-7-3-1-4-8-14/h1-13,30H. The SMILES string of the molecule is O=c1c(N=Nc2c(Cl)cc([N+](=O)[O-])cc2Cl)c(-c2ccccc2)[nH]n1-c1ncc(-c2ccccc2)s1. The summed E-state index contributed by atoms with van der Waals surface area (Å²) in [5, 5.41) is 22.6. The molecule has 36 heavy (non-hydrogen) atoms. The highest BCUT2D eigenvalue weighted by Gasteiger charge is 2.20. The number of azo groups is 1. The average molecular weight is 537 g/mol. The third-order valence-electron chi connectivity index (χ3n) is 5.13. The summed E-state index contributed by atoms with van der Waals surface area (Å²) in [5.41, 5.74) is 1.33. The van der Waals surface area contributed by atoms with E-state index >= 15 is 0 Å². The number of thiazole rings is 1. The van der Waals surface area contributed by atoms with Crippen molar-refractivity contribution in [2.45, 2.75) is 0 Å². The van der Waals surface area contributed by atoms with Gasteiger partial charge < -0.3 is 0 Å². The Labute approximate surface area is 217 Å². The lowest BCUT2D eigenvalue weighted by molar-refractivity contribution is -0.384. The van der Waals surface area contributed by atoms with Gasteiger partial charge in [0.1, 0.15) is 5.69 Å². The van der Waals surface area contributed by atoms with E-state index in [1.54, 1.807) is 6.20 Å². The van der Waals surface area contributed by atoms with Crippen LogP contribution in [-0.2, 0) is 0 Å². The van der Waals surface area contributed by atoms with Crippen LogP contribution in [0.1, 0.15) is 0 Å².